The van der Waals surface area contributed by atoms with Gasteiger partial charge in [0.2, 0.25) is 10.0 Å². The zero-order valence-corrected chi connectivity index (χ0v) is 13.1. The van der Waals surface area contributed by atoms with Gasteiger partial charge in [-0.05, 0) is 62.6 Å². The lowest BCUT2D eigenvalue weighted by atomic mass is 10.1. The van der Waals surface area contributed by atoms with Crippen LogP contribution >= 0.6 is 0 Å². The van der Waals surface area contributed by atoms with Crippen molar-refractivity contribution in [1.82, 2.24) is 4.31 Å². The number of sulfonamides is 1. The van der Waals surface area contributed by atoms with Gasteiger partial charge in [0.1, 0.15) is 0 Å². The summed E-state index contributed by atoms with van der Waals surface area (Å²) in [6, 6.07) is 2.08. The summed E-state index contributed by atoms with van der Waals surface area (Å²) in [5.74, 6) is 0.554. The van der Waals surface area contributed by atoms with Crippen molar-refractivity contribution in [2.45, 2.75) is 51.0 Å². The molecule has 1 aromatic carbocycles. The first-order valence-corrected chi connectivity index (χ1v) is 8.64. The molecule has 1 heterocycles. The van der Waals surface area contributed by atoms with E-state index in [1.807, 2.05) is 26.8 Å². The summed E-state index contributed by atoms with van der Waals surface area (Å²) in [6.07, 6.45) is 3.20. The number of nitrogen functional groups attached to an aromatic ring is 1. The van der Waals surface area contributed by atoms with Gasteiger partial charge < -0.3 is 5.73 Å². The van der Waals surface area contributed by atoms with Gasteiger partial charge in [-0.3, -0.25) is 0 Å². The monoisotopic (exact) mass is 294 g/mol. The maximum atomic E-state index is 13.0. The second-order valence-electron chi connectivity index (χ2n) is 6.29. The van der Waals surface area contributed by atoms with Crippen LogP contribution in [0.5, 0.6) is 0 Å². The fourth-order valence-corrected chi connectivity index (χ4v) is 6.06. The maximum absolute atomic E-state index is 13.0. The predicted molar refractivity (Wildman–Crippen MR) is 80.1 cm³/mol. The Kier molecular flexibility index (Phi) is 3.10. The zero-order valence-electron chi connectivity index (χ0n) is 12.3. The Bertz CT molecular complexity index is 667. The Labute approximate surface area is 121 Å². The minimum atomic E-state index is -3.42. The highest BCUT2D eigenvalue weighted by Crippen LogP contribution is 2.42. The van der Waals surface area contributed by atoms with Gasteiger partial charge in [0.15, 0.2) is 0 Å². The molecule has 0 spiro atoms. The second kappa shape index (κ2) is 4.46. The fourth-order valence-electron chi connectivity index (χ4n) is 3.87. The number of hydrogen-bond donors (Lipinski definition) is 1. The molecule has 1 aromatic rings. The van der Waals surface area contributed by atoms with E-state index in [0.717, 1.165) is 24.0 Å². The molecule has 110 valence electrons. The van der Waals surface area contributed by atoms with Crippen molar-refractivity contribution >= 4 is 15.7 Å². The quantitative estimate of drug-likeness (QED) is 0.852. The van der Waals surface area contributed by atoms with Crippen LogP contribution in [0.25, 0.3) is 0 Å². The molecule has 2 atom stereocenters. The van der Waals surface area contributed by atoms with E-state index in [4.69, 9.17) is 5.73 Å². The fraction of sp³-hybridized carbons (Fsp3) is 0.600. The average molecular weight is 294 g/mol. The van der Waals surface area contributed by atoms with E-state index in [-0.39, 0.29) is 6.04 Å². The van der Waals surface area contributed by atoms with Crippen LogP contribution in [0.1, 0.15) is 36.0 Å². The SMILES string of the molecule is Cc1cc(C)c(S(=O)(=O)N2CC3CCC2C3)c(C)c1N. The molecule has 2 N–H and O–H groups in total. The summed E-state index contributed by atoms with van der Waals surface area (Å²) < 4.78 is 27.7. The number of benzene rings is 1. The molecule has 5 heteroatoms. The lowest BCUT2D eigenvalue weighted by molar-refractivity contribution is 0.333. The molecule has 0 amide bonds. The summed E-state index contributed by atoms with van der Waals surface area (Å²) in [4.78, 5) is 0.424. The minimum Gasteiger partial charge on any atom is -0.398 e. The van der Waals surface area contributed by atoms with Crippen molar-refractivity contribution in [2.24, 2.45) is 5.92 Å². The minimum absolute atomic E-state index is 0.200. The van der Waals surface area contributed by atoms with E-state index in [0.29, 0.717) is 28.6 Å². The first-order valence-electron chi connectivity index (χ1n) is 7.20. The third kappa shape index (κ3) is 1.87. The van der Waals surface area contributed by atoms with Crippen LogP contribution < -0.4 is 5.73 Å². The highest BCUT2D eigenvalue weighted by Gasteiger charge is 2.45. The molecule has 1 saturated carbocycles. The molecule has 2 aliphatic rings. The van der Waals surface area contributed by atoms with Crippen molar-refractivity contribution in [3.05, 3.63) is 22.8 Å². The number of nitrogens with two attached hydrogens (primary N) is 1. The standard InChI is InChI=1S/C15H22N2O2S/c1-9-6-10(2)15(11(3)14(9)16)20(18,19)17-8-12-4-5-13(17)7-12/h6,12-13H,4-5,7-8,16H2,1-3H3. The lowest BCUT2D eigenvalue weighted by Crippen LogP contribution is -2.38. The summed E-state index contributed by atoms with van der Waals surface area (Å²) >= 11 is 0. The number of rotatable bonds is 2. The third-order valence-corrected chi connectivity index (χ3v) is 7.09. The van der Waals surface area contributed by atoms with Gasteiger partial charge in [0.05, 0.1) is 4.90 Å². The smallest absolute Gasteiger partial charge is 0.243 e. The Hall–Kier alpha value is -1.07. The Morgan fingerprint density at radius 3 is 2.45 bits per heavy atom. The first kappa shape index (κ1) is 13.9. The maximum Gasteiger partial charge on any atom is 0.243 e. The molecule has 2 fully saturated rings. The molecule has 3 rings (SSSR count). The molecule has 1 aliphatic carbocycles. The molecule has 20 heavy (non-hydrogen) atoms. The number of nitrogens with zero attached hydrogens (tertiary/aromatic N) is 1. The van der Waals surface area contributed by atoms with Crippen LogP contribution in [0, 0.1) is 26.7 Å². The average Bonchev–Trinajstić information content (AvgIpc) is 2.98. The van der Waals surface area contributed by atoms with E-state index in [1.165, 1.54) is 6.42 Å². The second-order valence-corrected chi connectivity index (χ2v) is 8.11. The third-order valence-electron chi connectivity index (χ3n) is 4.89. The van der Waals surface area contributed by atoms with E-state index in [2.05, 4.69) is 0 Å². The Morgan fingerprint density at radius 1 is 1.20 bits per heavy atom. The largest absolute Gasteiger partial charge is 0.398 e. The van der Waals surface area contributed by atoms with Gasteiger partial charge in [-0.15, -0.1) is 0 Å². The predicted octanol–water partition coefficient (Wildman–Crippen LogP) is 2.37. The summed E-state index contributed by atoms with van der Waals surface area (Å²) in [7, 11) is -3.42. The number of piperidine rings is 1. The summed E-state index contributed by atoms with van der Waals surface area (Å²) in [6.45, 7) is 6.28. The van der Waals surface area contributed by atoms with Crippen molar-refractivity contribution in [3.63, 3.8) is 0 Å². The molecule has 1 saturated heterocycles. The molecule has 2 unspecified atom stereocenters. The summed E-state index contributed by atoms with van der Waals surface area (Å²) in [5, 5.41) is 0. The number of hydrogen-bond acceptors (Lipinski definition) is 3. The van der Waals surface area contributed by atoms with Crippen LogP contribution in [0.2, 0.25) is 0 Å². The lowest BCUT2D eigenvalue weighted by Gasteiger charge is -2.28. The van der Waals surface area contributed by atoms with E-state index >= 15 is 0 Å². The summed E-state index contributed by atoms with van der Waals surface area (Å²) in [5.41, 5.74) is 9.08. The van der Waals surface area contributed by atoms with E-state index < -0.39 is 10.0 Å². The molecular weight excluding hydrogens is 272 g/mol. The van der Waals surface area contributed by atoms with Crippen LogP contribution in [0.15, 0.2) is 11.0 Å². The first-order chi connectivity index (χ1) is 9.32. The topological polar surface area (TPSA) is 63.4 Å². The Morgan fingerprint density at radius 2 is 1.90 bits per heavy atom. The van der Waals surface area contributed by atoms with Gasteiger partial charge in [-0.25, -0.2) is 8.42 Å². The van der Waals surface area contributed by atoms with E-state index in [9.17, 15) is 8.42 Å². The van der Waals surface area contributed by atoms with Gasteiger partial charge >= 0.3 is 0 Å². The molecule has 0 aromatic heterocycles. The normalized spacial score (nSPS) is 26.4. The van der Waals surface area contributed by atoms with Crippen LogP contribution in [-0.4, -0.2) is 25.3 Å². The zero-order chi connectivity index (χ0) is 14.7. The highest BCUT2D eigenvalue weighted by molar-refractivity contribution is 7.89. The molecule has 4 nitrogen and oxygen atoms in total. The van der Waals surface area contributed by atoms with Crippen molar-refractivity contribution in [2.75, 3.05) is 12.3 Å². The molecular formula is C15H22N2O2S. The molecule has 1 aliphatic heterocycles. The van der Waals surface area contributed by atoms with Crippen molar-refractivity contribution in [3.8, 4) is 0 Å². The number of aryl methyl sites for hydroxylation is 2. The van der Waals surface area contributed by atoms with Crippen molar-refractivity contribution in [1.29, 1.82) is 0 Å². The van der Waals surface area contributed by atoms with Crippen molar-refractivity contribution < 1.29 is 8.42 Å². The van der Waals surface area contributed by atoms with Gasteiger partial charge in [-0.2, -0.15) is 4.31 Å². The van der Waals surface area contributed by atoms with Gasteiger partial charge in [0, 0.05) is 18.3 Å². The Balaban J connectivity index is 2.11. The number of fused-ring (bicyclic) bond motifs is 2. The number of anilines is 1. The van der Waals surface area contributed by atoms with E-state index in [1.54, 1.807) is 4.31 Å². The van der Waals surface area contributed by atoms with Gasteiger partial charge in [0.25, 0.3) is 0 Å². The highest BCUT2D eigenvalue weighted by atomic mass is 32.2. The van der Waals surface area contributed by atoms with Crippen LogP contribution in [0.4, 0.5) is 5.69 Å². The van der Waals surface area contributed by atoms with Gasteiger partial charge in [-0.1, -0.05) is 6.07 Å². The van der Waals surface area contributed by atoms with Crippen LogP contribution in [0.3, 0.4) is 0 Å². The van der Waals surface area contributed by atoms with Crippen LogP contribution in [-0.2, 0) is 10.0 Å². The molecule has 2 bridgehead atoms. The molecule has 0 radical (unpaired) electrons.